The minimum atomic E-state index is -4.74. The molecule has 2 aromatic rings. The average molecular weight is 294 g/mol. The summed E-state index contributed by atoms with van der Waals surface area (Å²) in [5.74, 6) is -0.306. The molecule has 0 aliphatic carbocycles. The quantitative estimate of drug-likeness (QED) is 0.616. The third-order valence-electron chi connectivity index (χ3n) is 2.43. The van der Waals surface area contributed by atoms with Crippen molar-refractivity contribution in [3.8, 4) is 5.75 Å². The molecule has 0 spiro atoms. The largest absolute Gasteiger partial charge is 0.573 e. The molecule has 0 unspecified atom stereocenters. The number of hydrogen-bond acceptors (Lipinski definition) is 3. The maximum atomic E-state index is 12.2. The number of nitrogens with zero attached hydrogens (tertiary/aromatic N) is 1. The summed E-state index contributed by atoms with van der Waals surface area (Å²) in [6, 6.07) is 14.7. The molecule has 0 aliphatic heterocycles. The Kier molecular flexibility index (Phi) is 4.81. The SMILES string of the molecule is FC(F)(F)Oc1ccccc1CO/N=[C]\c1ccccc1. The molecule has 1 radical (unpaired) electrons. The van der Waals surface area contributed by atoms with E-state index in [1.807, 2.05) is 18.2 Å². The van der Waals surface area contributed by atoms with E-state index in [9.17, 15) is 13.2 Å². The lowest BCUT2D eigenvalue weighted by Gasteiger charge is -2.12. The van der Waals surface area contributed by atoms with Gasteiger partial charge in [0.2, 0.25) is 0 Å². The summed E-state index contributed by atoms with van der Waals surface area (Å²) in [5.41, 5.74) is 0.950. The monoisotopic (exact) mass is 294 g/mol. The van der Waals surface area contributed by atoms with Crippen LogP contribution in [0.1, 0.15) is 11.1 Å². The predicted octanol–water partition coefficient (Wildman–Crippen LogP) is 4.01. The molecule has 0 saturated carbocycles. The molecule has 2 rings (SSSR count). The highest BCUT2D eigenvalue weighted by molar-refractivity contribution is 5.78. The minimum Gasteiger partial charge on any atom is -0.405 e. The highest BCUT2D eigenvalue weighted by atomic mass is 19.4. The second-order valence-corrected chi connectivity index (χ2v) is 4.00. The van der Waals surface area contributed by atoms with Crippen molar-refractivity contribution in [2.75, 3.05) is 0 Å². The van der Waals surface area contributed by atoms with Gasteiger partial charge in [-0.1, -0.05) is 53.7 Å². The third-order valence-corrected chi connectivity index (χ3v) is 2.43. The van der Waals surface area contributed by atoms with Crippen LogP contribution in [0, 0.1) is 0 Å². The Hall–Kier alpha value is -2.50. The number of benzene rings is 2. The topological polar surface area (TPSA) is 30.8 Å². The zero-order valence-corrected chi connectivity index (χ0v) is 10.8. The van der Waals surface area contributed by atoms with Gasteiger partial charge in [-0.25, -0.2) is 0 Å². The lowest BCUT2D eigenvalue weighted by molar-refractivity contribution is -0.275. The fraction of sp³-hybridized carbons (Fsp3) is 0.133. The molecule has 0 amide bonds. The Morgan fingerprint density at radius 2 is 1.62 bits per heavy atom. The van der Waals surface area contributed by atoms with Crippen molar-refractivity contribution in [1.29, 1.82) is 0 Å². The van der Waals surface area contributed by atoms with Crippen LogP contribution in [0.25, 0.3) is 0 Å². The van der Waals surface area contributed by atoms with Crippen LogP contribution in [-0.4, -0.2) is 12.6 Å². The van der Waals surface area contributed by atoms with E-state index in [0.29, 0.717) is 5.56 Å². The summed E-state index contributed by atoms with van der Waals surface area (Å²) >= 11 is 0. The zero-order valence-electron chi connectivity index (χ0n) is 10.8. The molecule has 0 aliphatic rings. The van der Waals surface area contributed by atoms with Crippen LogP contribution in [-0.2, 0) is 11.4 Å². The van der Waals surface area contributed by atoms with Crippen LogP contribution in [0.15, 0.2) is 59.8 Å². The van der Waals surface area contributed by atoms with Gasteiger partial charge in [-0.05, 0) is 6.07 Å². The van der Waals surface area contributed by atoms with E-state index in [0.717, 1.165) is 0 Å². The normalized spacial score (nSPS) is 11.6. The van der Waals surface area contributed by atoms with Gasteiger partial charge in [0.15, 0.2) is 0 Å². The number of hydrogen-bond donors (Lipinski definition) is 0. The van der Waals surface area contributed by atoms with E-state index in [1.165, 1.54) is 18.2 Å². The van der Waals surface area contributed by atoms with E-state index in [1.54, 1.807) is 18.2 Å². The first kappa shape index (κ1) is 14.9. The van der Waals surface area contributed by atoms with Gasteiger partial charge < -0.3 is 9.57 Å². The number of halogens is 3. The van der Waals surface area contributed by atoms with Gasteiger partial charge in [0, 0.05) is 11.1 Å². The van der Waals surface area contributed by atoms with Crippen molar-refractivity contribution < 1.29 is 22.7 Å². The Morgan fingerprint density at radius 1 is 0.952 bits per heavy atom. The average Bonchev–Trinajstić information content (AvgIpc) is 2.45. The Morgan fingerprint density at radius 3 is 2.33 bits per heavy atom. The summed E-state index contributed by atoms with van der Waals surface area (Å²) in [4.78, 5) is 4.95. The highest BCUT2D eigenvalue weighted by Gasteiger charge is 2.32. The molecule has 6 heteroatoms. The molecular weight excluding hydrogens is 283 g/mol. The van der Waals surface area contributed by atoms with E-state index in [2.05, 4.69) is 16.1 Å². The molecule has 0 heterocycles. The molecular formula is C15H11F3NO2. The predicted molar refractivity (Wildman–Crippen MR) is 70.9 cm³/mol. The maximum absolute atomic E-state index is 12.2. The van der Waals surface area contributed by atoms with Crippen molar-refractivity contribution in [2.45, 2.75) is 13.0 Å². The van der Waals surface area contributed by atoms with Crippen molar-refractivity contribution in [2.24, 2.45) is 5.16 Å². The second kappa shape index (κ2) is 6.78. The molecule has 0 saturated heterocycles. The molecule has 0 aromatic heterocycles. The summed E-state index contributed by atoms with van der Waals surface area (Å²) in [6.07, 6.45) is -2.12. The van der Waals surface area contributed by atoms with Crippen molar-refractivity contribution >= 4 is 6.21 Å². The smallest absolute Gasteiger partial charge is 0.405 e. The number of ether oxygens (including phenoxy) is 1. The van der Waals surface area contributed by atoms with Crippen LogP contribution >= 0.6 is 0 Å². The molecule has 21 heavy (non-hydrogen) atoms. The van der Waals surface area contributed by atoms with Crippen molar-refractivity contribution in [3.05, 3.63) is 65.7 Å². The van der Waals surface area contributed by atoms with Gasteiger partial charge in [0.05, 0.1) is 0 Å². The van der Waals surface area contributed by atoms with Crippen LogP contribution in [0.4, 0.5) is 13.2 Å². The first-order valence-electron chi connectivity index (χ1n) is 6.01. The Labute approximate surface area is 119 Å². The molecule has 0 N–H and O–H groups in total. The van der Waals surface area contributed by atoms with Gasteiger partial charge in [-0.2, -0.15) is 0 Å². The zero-order chi connectivity index (χ0) is 15.1. The fourth-order valence-electron chi connectivity index (χ4n) is 1.55. The minimum absolute atomic E-state index is 0.147. The molecule has 0 fully saturated rings. The summed E-state index contributed by atoms with van der Waals surface area (Å²) in [6.45, 7) is -0.147. The van der Waals surface area contributed by atoms with E-state index in [4.69, 9.17) is 4.84 Å². The van der Waals surface area contributed by atoms with Crippen LogP contribution < -0.4 is 4.74 Å². The van der Waals surface area contributed by atoms with Gasteiger partial charge in [-0.3, -0.25) is 0 Å². The molecule has 0 bridgehead atoms. The molecule has 3 nitrogen and oxygen atoms in total. The Balaban J connectivity index is 1.96. The van der Waals surface area contributed by atoms with Gasteiger partial charge in [0.25, 0.3) is 0 Å². The van der Waals surface area contributed by atoms with E-state index in [-0.39, 0.29) is 17.9 Å². The summed E-state index contributed by atoms with van der Waals surface area (Å²) in [5, 5.41) is 3.59. The first-order chi connectivity index (χ1) is 10.0. The van der Waals surface area contributed by atoms with E-state index < -0.39 is 6.36 Å². The molecule has 109 valence electrons. The first-order valence-corrected chi connectivity index (χ1v) is 6.01. The van der Waals surface area contributed by atoms with Gasteiger partial charge in [-0.15, -0.1) is 13.2 Å². The lowest BCUT2D eigenvalue weighted by atomic mass is 10.2. The number of alkyl halides is 3. The third kappa shape index (κ3) is 5.18. The summed E-state index contributed by atoms with van der Waals surface area (Å²) < 4.78 is 40.6. The van der Waals surface area contributed by atoms with Crippen molar-refractivity contribution in [1.82, 2.24) is 0 Å². The van der Waals surface area contributed by atoms with Gasteiger partial charge in [0.1, 0.15) is 18.6 Å². The molecule has 0 atom stereocenters. The number of rotatable bonds is 5. The maximum Gasteiger partial charge on any atom is 0.573 e. The van der Waals surface area contributed by atoms with Crippen LogP contribution in [0.2, 0.25) is 0 Å². The fourth-order valence-corrected chi connectivity index (χ4v) is 1.55. The molecule has 2 aromatic carbocycles. The van der Waals surface area contributed by atoms with Crippen molar-refractivity contribution in [3.63, 3.8) is 0 Å². The van der Waals surface area contributed by atoms with E-state index >= 15 is 0 Å². The highest BCUT2D eigenvalue weighted by Crippen LogP contribution is 2.26. The Bertz CT molecular complexity index is 597. The standard InChI is InChI=1S/C15H11F3NO2/c16-15(17,18)21-14-9-5-4-8-13(14)11-20-19-10-12-6-2-1-3-7-12/h1-9H,11H2. The lowest BCUT2D eigenvalue weighted by Crippen LogP contribution is -2.18. The van der Waals surface area contributed by atoms with Crippen LogP contribution in [0.3, 0.4) is 0 Å². The number of para-hydroxylation sites is 1. The van der Waals surface area contributed by atoms with Gasteiger partial charge >= 0.3 is 6.36 Å². The summed E-state index contributed by atoms with van der Waals surface area (Å²) in [7, 11) is 0. The van der Waals surface area contributed by atoms with Crippen LogP contribution in [0.5, 0.6) is 5.75 Å². The second-order valence-electron chi connectivity index (χ2n) is 4.00.